The molecule has 112 valence electrons. The van der Waals surface area contributed by atoms with Gasteiger partial charge >= 0.3 is 0 Å². The van der Waals surface area contributed by atoms with Crippen molar-refractivity contribution in [3.8, 4) is 0 Å². The van der Waals surface area contributed by atoms with Crippen molar-refractivity contribution in [2.45, 2.75) is 102 Å². The molecule has 2 fully saturated rings. The molecule has 0 heterocycles. The average Bonchev–Trinajstić information content (AvgIpc) is 3.22. The Hall–Kier alpha value is -0.0400. The Morgan fingerprint density at radius 1 is 0.895 bits per heavy atom. The van der Waals surface area contributed by atoms with Crippen LogP contribution >= 0.6 is 0 Å². The average molecular weight is 265 g/mol. The lowest BCUT2D eigenvalue weighted by Crippen LogP contribution is -2.44. The van der Waals surface area contributed by atoms with E-state index in [4.69, 9.17) is 5.73 Å². The third-order valence-corrected chi connectivity index (χ3v) is 5.49. The van der Waals surface area contributed by atoms with Gasteiger partial charge in [-0.1, -0.05) is 64.7 Å². The van der Waals surface area contributed by atoms with Crippen LogP contribution < -0.4 is 5.73 Å². The highest BCUT2D eigenvalue weighted by atomic mass is 14.7. The van der Waals surface area contributed by atoms with Crippen molar-refractivity contribution in [2.75, 3.05) is 0 Å². The molecule has 0 saturated heterocycles. The van der Waals surface area contributed by atoms with Crippen molar-refractivity contribution in [1.29, 1.82) is 0 Å². The van der Waals surface area contributed by atoms with Gasteiger partial charge in [0.05, 0.1) is 0 Å². The van der Waals surface area contributed by atoms with Crippen LogP contribution in [0, 0.1) is 11.8 Å². The third-order valence-electron chi connectivity index (χ3n) is 5.49. The lowest BCUT2D eigenvalue weighted by Gasteiger charge is -2.38. The maximum Gasteiger partial charge on any atom is 0.0157 e. The SMILES string of the molecule is CCCCCCCCCC1(N)CCCC(C2CC2)C1. The van der Waals surface area contributed by atoms with Crippen molar-refractivity contribution < 1.29 is 0 Å². The molecule has 2 rings (SSSR count). The summed E-state index contributed by atoms with van der Waals surface area (Å²) in [5, 5.41) is 0. The molecule has 1 nitrogen and oxygen atoms in total. The maximum absolute atomic E-state index is 6.68. The fourth-order valence-corrected chi connectivity index (χ4v) is 4.07. The molecule has 0 radical (unpaired) electrons. The monoisotopic (exact) mass is 265 g/mol. The zero-order valence-electron chi connectivity index (χ0n) is 13.1. The molecule has 2 unspecified atom stereocenters. The van der Waals surface area contributed by atoms with Crippen molar-refractivity contribution in [3.63, 3.8) is 0 Å². The number of hydrogen-bond donors (Lipinski definition) is 1. The second-order valence-electron chi connectivity index (χ2n) is 7.43. The Balaban J connectivity index is 1.55. The minimum Gasteiger partial charge on any atom is -0.325 e. The van der Waals surface area contributed by atoms with Gasteiger partial charge in [-0.05, 0) is 43.9 Å². The molecule has 0 bridgehead atoms. The van der Waals surface area contributed by atoms with E-state index in [2.05, 4.69) is 6.92 Å². The van der Waals surface area contributed by atoms with Gasteiger partial charge in [-0.15, -0.1) is 0 Å². The molecule has 2 saturated carbocycles. The van der Waals surface area contributed by atoms with E-state index >= 15 is 0 Å². The minimum atomic E-state index is 0.217. The highest BCUT2D eigenvalue weighted by Crippen LogP contribution is 2.46. The van der Waals surface area contributed by atoms with Gasteiger partial charge in [0.1, 0.15) is 0 Å². The van der Waals surface area contributed by atoms with Gasteiger partial charge in [0.15, 0.2) is 0 Å². The van der Waals surface area contributed by atoms with Gasteiger partial charge in [0.2, 0.25) is 0 Å². The molecule has 1 heteroatoms. The van der Waals surface area contributed by atoms with Gasteiger partial charge in [-0.2, -0.15) is 0 Å². The Kier molecular flexibility index (Phi) is 6.19. The lowest BCUT2D eigenvalue weighted by molar-refractivity contribution is 0.191. The Labute approximate surface area is 120 Å². The van der Waals surface area contributed by atoms with E-state index in [9.17, 15) is 0 Å². The molecule has 2 N–H and O–H groups in total. The first-order valence-corrected chi connectivity index (χ1v) is 9.02. The molecule has 0 aromatic carbocycles. The highest BCUT2D eigenvalue weighted by molar-refractivity contribution is 4.95. The smallest absolute Gasteiger partial charge is 0.0157 e. The zero-order valence-corrected chi connectivity index (χ0v) is 13.1. The standard InChI is InChI=1S/C18H35N/c1-2-3-4-5-6-7-8-13-18(19)14-9-10-17(15-18)16-11-12-16/h16-17H,2-15,19H2,1H3. The van der Waals surface area contributed by atoms with E-state index in [0.29, 0.717) is 0 Å². The molecule has 0 aromatic rings. The Morgan fingerprint density at radius 3 is 2.26 bits per heavy atom. The van der Waals surface area contributed by atoms with Crippen LogP contribution in [0.15, 0.2) is 0 Å². The van der Waals surface area contributed by atoms with E-state index in [-0.39, 0.29) is 5.54 Å². The molecule has 2 aliphatic carbocycles. The van der Waals surface area contributed by atoms with Crippen molar-refractivity contribution in [2.24, 2.45) is 17.6 Å². The summed E-state index contributed by atoms with van der Waals surface area (Å²) in [6.45, 7) is 2.29. The summed E-state index contributed by atoms with van der Waals surface area (Å²) in [6.07, 6.45) is 19.7. The molecule has 0 spiro atoms. The molecule has 19 heavy (non-hydrogen) atoms. The van der Waals surface area contributed by atoms with E-state index in [1.165, 1.54) is 89.9 Å². The van der Waals surface area contributed by atoms with Gasteiger partial charge < -0.3 is 5.73 Å². The van der Waals surface area contributed by atoms with Crippen LogP contribution in [0.4, 0.5) is 0 Å². The van der Waals surface area contributed by atoms with E-state index in [1.807, 2.05) is 0 Å². The number of rotatable bonds is 9. The fourth-order valence-electron chi connectivity index (χ4n) is 4.07. The van der Waals surface area contributed by atoms with Crippen LogP contribution in [-0.4, -0.2) is 5.54 Å². The Bertz CT molecular complexity index is 246. The summed E-state index contributed by atoms with van der Waals surface area (Å²) in [5.74, 6) is 2.06. The van der Waals surface area contributed by atoms with Gasteiger partial charge in [-0.25, -0.2) is 0 Å². The van der Waals surface area contributed by atoms with E-state index < -0.39 is 0 Å². The molecule has 2 atom stereocenters. The molecule has 2 aliphatic rings. The summed E-state index contributed by atoms with van der Waals surface area (Å²) >= 11 is 0. The highest BCUT2D eigenvalue weighted by Gasteiger charge is 2.39. The van der Waals surface area contributed by atoms with Crippen LogP contribution in [0.2, 0.25) is 0 Å². The quantitative estimate of drug-likeness (QED) is 0.553. The molecule has 0 amide bonds. The Morgan fingerprint density at radius 2 is 1.58 bits per heavy atom. The molecule has 0 aliphatic heterocycles. The second kappa shape index (κ2) is 7.67. The molecule has 0 aromatic heterocycles. The predicted octanol–water partition coefficient (Wildman–Crippen LogP) is 5.42. The molecular formula is C18H35N. The minimum absolute atomic E-state index is 0.217. The first-order valence-electron chi connectivity index (χ1n) is 9.02. The zero-order chi connectivity index (χ0) is 13.6. The van der Waals surface area contributed by atoms with Crippen LogP contribution in [-0.2, 0) is 0 Å². The second-order valence-corrected chi connectivity index (χ2v) is 7.43. The summed E-state index contributed by atoms with van der Waals surface area (Å²) in [5.41, 5.74) is 6.89. The predicted molar refractivity (Wildman–Crippen MR) is 84.2 cm³/mol. The number of hydrogen-bond acceptors (Lipinski definition) is 1. The molecular weight excluding hydrogens is 230 g/mol. The third kappa shape index (κ3) is 5.45. The van der Waals surface area contributed by atoms with Crippen LogP contribution in [0.25, 0.3) is 0 Å². The van der Waals surface area contributed by atoms with Crippen LogP contribution in [0.1, 0.15) is 96.8 Å². The van der Waals surface area contributed by atoms with Crippen molar-refractivity contribution in [1.82, 2.24) is 0 Å². The van der Waals surface area contributed by atoms with Crippen molar-refractivity contribution in [3.05, 3.63) is 0 Å². The van der Waals surface area contributed by atoms with Crippen molar-refractivity contribution >= 4 is 0 Å². The summed E-state index contributed by atoms with van der Waals surface area (Å²) in [4.78, 5) is 0. The lowest BCUT2D eigenvalue weighted by atomic mass is 9.72. The summed E-state index contributed by atoms with van der Waals surface area (Å²) in [6, 6.07) is 0. The normalized spacial score (nSPS) is 31.6. The van der Waals surface area contributed by atoms with Gasteiger partial charge in [0, 0.05) is 5.54 Å². The first-order chi connectivity index (χ1) is 9.23. The van der Waals surface area contributed by atoms with Gasteiger partial charge in [-0.3, -0.25) is 0 Å². The topological polar surface area (TPSA) is 26.0 Å². The number of unbranched alkanes of at least 4 members (excludes halogenated alkanes) is 6. The summed E-state index contributed by atoms with van der Waals surface area (Å²) in [7, 11) is 0. The number of nitrogens with two attached hydrogens (primary N) is 1. The van der Waals surface area contributed by atoms with Crippen LogP contribution in [0.5, 0.6) is 0 Å². The van der Waals surface area contributed by atoms with Crippen LogP contribution in [0.3, 0.4) is 0 Å². The van der Waals surface area contributed by atoms with Gasteiger partial charge in [0.25, 0.3) is 0 Å². The largest absolute Gasteiger partial charge is 0.325 e. The maximum atomic E-state index is 6.68. The summed E-state index contributed by atoms with van der Waals surface area (Å²) < 4.78 is 0. The fraction of sp³-hybridized carbons (Fsp3) is 1.00. The van der Waals surface area contributed by atoms with E-state index in [0.717, 1.165) is 11.8 Å². The first kappa shape index (κ1) is 15.4. The van der Waals surface area contributed by atoms with E-state index in [1.54, 1.807) is 0 Å².